The van der Waals surface area contributed by atoms with E-state index in [1.165, 1.54) is 0 Å². The van der Waals surface area contributed by atoms with Crippen molar-refractivity contribution in [1.29, 1.82) is 0 Å². The van der Waals surface area contributed by atoms with Gasteiger partial charge in [-0.2, -0.15) is 0 Å². The monoisotopic (exact) mass is 377 g/mol. The molecule has 0 unspecified atom stereocenters. The minimum Gasteiger partial charge on any atom is -0.676 e. The normalized spacial score (nSPS) is 7.06. The second kappa shape index (κ2) is 15.8. The van der Waals surface area contributed by atoms with E-state index in [-0.39, 0.29) is 88.8 Å². The molecule has 6 N–H and O–H groups in total. The van der Waals surface area contributed by atoms with Crippen LogP contribution in [0.5, 0.6) is 0 Å². The number of carbonyl (C=O) groups excluding carboxylic acids is 1. The van der Waals surface area contributed by atoms with Crippen LogP contribution in [0.3, 0.4) is 0 Å². The summed E-state index contributed by atoms with van der Waals surface area (Å²) >= 11 is 0. The summed E-state index contributed by atoms with van der Waals surface area (Å²) < 4.78 is 0. The van der Waals surface area contributed by atoms with Gasteiger partial charge in [0, 0.05) is 71.0 Å². The number of hydrogen-bond donors (Lipinski definition) is 1. The number of hydrogen-bond acceptors (Lipinski definition) is 1. The van der Waals surface area contributed by atoms with E-state index in [9.17, 15) is 4.79 Å². The molecule has 0 fully saturated rings. The molecular formula is C9H15N2O3Y2-. The first-order valence-electron chi connectivity index (χ1n) is 3.82. The largest absolute Gasteiger partial charge is 0.676 e. The summed E-state index contributed by atoms with van der Waals surface area (Å²) in [6, 6.07) is 8.99. The smallest absolute Gasteiger partial charge is 0.251 e. The molecule has 0 aromatic heterocycles. The Morgan fingerprint density at radius 1 is 1.12 bits per heavy atom. The Morgan fingerprint density at radius 2 is 1.62 bits per heavy atom. The average molecular weight is 377 g/mol. The first-order chi connectivity index (χ1) is 5.84. The van der Waals surface area contributed by atoms with Crippen LogP contribution < -0.4 is 5.32 Å². The molecule has 1 rings (SSSR count). The third-order valence-corrected chi connectivity index (χ3v) is 1.45. The van der Waals surface area contributed by atoms with Gasteiger partial charge in [0.2, 0.25) is 0 Å². The number of nitrogens with one attached hydrogen (secondary N) is 2. The van der Waals surface area contributed by atoms with Gasteiger partial charge in [-0.15, -0.1) is 6.54 Å². The minimum atomic E-state index is -0.108. The van der Waals surface area contributed by atoms with Gasteiger partial charge in [0.25, 0.3) is 5.91 Å². The summed E-state index contributed by atoms with van der Waals surface area (Å²) in [4.78, 5) is 11.2. The molecule has 0 atom stereocenters. The zero-order valence-corrected chi connectivity index (χ0v) is 14.5. The van der Waals surface area contributed by atoms with Crippen LogP contribution in [0.1, 0.15) is 10.4 Å². The Morgan fingerprint density at radius 3 is 2.06 bits per heavy atom. The SMILES string of the molecule is O.O.[NH-]CCNC(=O)c1ccccc1.[Y].[Y]. The molecule has 5 nitrogen and oxygen atoms in total. The molecule has 0 saturated heterocycles. The number of carbonyl (C=O) groups is 1. The van der Waals surface area contributed by atoms with E-state index in [2.05, 4.69) is 5.32 Å². The predicted octanol–water partition coefficient (Wildman–Crippen LogP) is -0.186. The van der Waals surface area contributed by atoms with Gasteiger partial charge in [-0.3, -0.25) is 4.79 Å². The number of benzene rings is 1. The van der Waals surface area contributed by atoms with Crippen molar-refractivity contribution in [2.75, 3.05) is 13.1 Å². The summed E-state index contributed by atoms with van der Waals surface area (Å²) in [7, 11) is 0. The van der Waals surface area contributed by atoms with Crippen molar-refractivity contribution in [3.8, 4) is 0 Å². The fourth-order valence-electron chi connectivity index (χ4n) is 0.868. The third-order valence-electron chi connectivity index (χ3n) is 1.45. The van der Waals surface area contributed by atoms with Crippen LogP contribution in [-0.4, -0.2) is 29.9 Å². The maximum Gasteiger partial charge on any atom is 0.251 e. The maximum absolute atomic E-state index is 11.2. The Hall–Kier alpha value is 0.778. The van der Waals surface area contributed by atoms with Crippen molar-refractivity contribution < 1.29 is 81.2 Å². The molecule has 1 amide bonds. The summed E-state index contributed by atoms with van der Waals surface area (Å²) in [6.45, 7) is 0.631. The number of amides is 1. The Balaban J connectivity index is -0.000000180. The van der Waals surface area contributed by atoms with Crippen molar-refractivity contribution >= 4 is 5.91 Å². The van der Waals surface area contributed by atoms with E-state index in [4.69, 9.17) is 5.73 Å². The molecule has 0 aliphatic carbocycles. The fraction of sp³-hybridized carbons (Fsp3) is 0.222. The second-order valence-corrected chi connectivity index (χ2v) is 2.37. The zero-order chi connectivity index (χ0) is 8.81. The molecule has 0 heterocycles. The predicted molar refractivity (Wildman–Crippen MR) is 55.2 cm³/mol. The van der Waals surface area contributed by atoms with E-state index >= 15 is 0 Å². The van der Waals surface area contributed by atoms with Crippen LogP contribution in [-0.2, 0) is 65.4 Å². The summed E-state index contributed by atoms with van der Waals surface area (Å²) in [5.74, 6) is -0.108. The van der Waals surface area contributed by atoms with Gasteiger partial charge >= 0.3 is 0 Å². The molecule has 0 aliphatic heterocycles. The first-order valence-corrected chi connectivity index (χ1v) is 3.82. The molecule has 0 bridgehead atoms. The third kappa shape index (κ3) is 9.97. The van der Waals surface area contributed by atoms with Crippen molar-refractivity contribution in [3.63, 3.8) is 0 Å². The van der Waals surface area contributed by atoms with Gasteiger partial charge < -0.3 is 22.0 Å². The second-order valence-electron chi connectivity index (χ2n) is 2.37. The Bertz CT molecular complexity index is 260. The number of rotatable bonds is 3. The minimum absolute atomic E-state index is 0. The Kier molecular flexibility index (Phi) is 25.2. The average Bonchev–Trinajstić information content (AvgIpc) is 2.15. The van der Waals surface area contributed by atoms with Gasteiger partial charge in [-0.05, 0) is 18.7 Å². The van der Waals surface area contributed by atoms with E-state index in [1.807, 2.05) is 18.2 Å². The quantitative estimate of drug-likeness (QED) is 0.773. The van der Waals surface area contributed by atoms with Crippen LogP contribution in [0.4, 0.5) is 0 Å². The van der Waals surface area contributed by atoms with Gasteiger partial charge in [-0.1, -0.05) is 18.2 Å². The van der Waals surface area contributed by atoms with Crippen LogP contribution in [0.15, 0.2) is 30.3 Å². The van der Waals surface area contributed by atoms with Crippen LogP contribution >= 0.6 is 0 Å². The van der Waals surface area contributed by atoms with Gasteiger partial charge in [0.15, 0.2) is 0 Å². The van der Waals surface area contributed by atoms with E-state index in [0.717, 1.165) is 0 Å². The first kappa shape index (κ1) is 25.6. The van der Waals surface area contributed by atoms with Gasteiger partial charge in [-0.25, -0.2) is 0 Å². The standard InChI is InChI=1S/C9H11N2O.2H2O.2Y/c10-6-7-11-9(12)8-4-2-1-3-5-8;;;;/h1-5,10H,6-7H2,(H,11,12);2*1H2;;/q-1;;;;. The molecule has 0 saturated carbocycles. The molecule has 86 valence electrons. The molecule has 1 aromatic rings. The summed E-state index contributed by atoms with van der Waals surface area (Å²) in [6.07, 6.45) is 0. The summed E-state index contributed by atoms with van der Waals surface area (Å²) in [5, 5.41) is 2.62. The molecule has 16 heavy (non-hydrogen) atoms. The van der Waals surface area contributed by atoms with Gasteiger partial charge in [0.05, 0.1) is 0 Å². The van der Waals surface area contributed by atoms with Crippen LogP contribution in [0.25, 0.3) is 5.73 Å². The van der Waals surface area contributed by atoms with E-state index < -0.39 is 0 Å². The van der Waals surface area contributed by atoms with Crippen LogP contribution in [0, 0.1) is 0 Å². The molecule has 0 spiro atoms. The van der Waals surface area contributed by atoms with E-state index in [1.54, 1.807) is 12.1 Å². The van der Waals surface area contributed by atoms with Crippen molar-refractivity contribution in [3.05, 3.63) is 41.6 Å². The molecule has 1 aromatic carbocycles. The maximum atomic E-state index is 11.2. The molecule has 7 heteroatoms. The Labute approximate surface area is 145 Å². The summed E-state index contributed by atoms with van der Waals surface area (Å²) in [5.41, 5.74) is 7.49. The van der Waals surface area contributed by atoms with Gasteiger partial charge in [0.1, 0.15) is 0 Å². The molecule has 0 aliphatic rings. The van der Waals surface area contributed by atoms with Crippen molar-refractivity contribution in [1.82, 2.24) is 5.32 Å². The van der Waals surface area contributed by atoms with E-state index in [0.29, 0.717) is 12.1 Å². The zero-order valence-electron chi connectivity index (χ0n) is 8.86. The molecule has 2 radical (unpaired) electrons. The van der Waals surface area contributed by atoms with Crippen molar-refractivity contribution in [2.45, 2.75) is 0 Å². The fourth-order valence-corrected chi connectivity index (χ4v) is 0.868. The van der Waals surface area contributed by atoms with Crippen LogP contribution in [0.2, 0.25) is 0 Å². The van der Waals surface area contributed by atoms with Crippen molar-refractivity contribution in [2.24, 2.45) is 0 Å². The molecular weight excluding hydrogens is 362 g/mol. The topological polar surface area (TPSA) is 116 Å².